The van der Waals surface area contributed by atoms with E-state index in [1.807, 2.05) is 18.2 Å². The second kappa shape index (κ2) is 9.51. The first-order valence-corrected chi connectivity index (χ1v) is 10.9. The number of hydrogen-bond acceptors (Lipinski definition) is 9. The number of rotatable bonds is 7. The molecule has 0 aliphatic carbocycles. The highest BCUT2D eigenvalue weighted by atomic mass is 16.5. The van der Waals surface area contributed by atoms with Crippen LogP contribution in [-0.4, -0.2) is 52.1 Å². The van der Waals surface area contributed by atoms with Crippen molar-refractivity contribution in [2.24, 2.45) is 0 Å². The highest BCUT2D eigenvalue weighted by Crippen LogP contribution is 2.25. The van der Waals surface area contributed by atoms with Gasteiger partial charge in [0, 0.05) is 36.4 Å². The summed E-state index contributed by atoms with van der Waals surface area (Å²) < 4.78 is 5.42. The molecule has 0 unspecified atom stereocenters. The maximum absolute atomic E-state index is 10.3. The maximum atomic E-state index is 10.3. The summed E-state index contributed by atoms with van der Waals surface area (Å²) in [5.74, 6) is 1.39. The molecule has 1 fully saturated rings. The van der Waals surface area contributed by atoms with Crippen LogP contribution in [0.4, 0.5) is 29.0 Å². The monoisotopic (exact) mass is 447 g/mol. The van der Waals surface area contributed by atoms with Gasteiger partial charge in [-0.05, 0) is 57.2 Å². The number of pyridine rings is 1. The van der Waals surface area contributed by atoms with Crippen molar-refractivity contribution in [2.45, 2.75) is 26.4 Å². The summed E-state index contributed by atoms with van der Waals surface area (Å²) >= 11 is 0. The molecule has 0 amide bonds. The second-order valence-corrected chi connectivity index (χ2v) is 8.44. The third-order valence-electron chi connectivity index (χ3n) is 5.31. The highest BCUT2D eigenvalue weighted by Gasteiger charge is 2.18. The molecule has 1 saturated heterocycles. The summed E-state index contributed by atoms with van der Waals surface area (Å²) in [5.41, 5.74) is 2.38. The summed E-state index contributed by atoms with van der Waals surface area (Å²) in [6, 6.07) is 13.5. The van der Waals surface area contributed by atoms with Gasteiger partial charge < -0.3 is 30.8 Å². The molecule has 2 aromatic heterocycles. The Balaban J connectivity index is 1.54. The molecule has 0 spiro atoms. The van der Waals surface area contributed by atoms with E-state index in [0.717, 1.165) is 37.7 Å². The van der Waals surface area contributed by atoms with Gasteiger partial charge >= 0.3 is 0 Å². The predicted octanol–water partition coefficient (Wildman–Crippen LogP) is 3.81. The Morgan fingerprint density at radius 2 is 1.79 bits per heavy atom. The lowest BCUT2D eigenvalue weighted by atomic mass is 10.1. The molecule has 172 valence electrons. The topological polar surface area (TPSA) is 119 Å². The van der Waals surface area contributed by atoms with Gasteiger partial charge in [0.1, 0.15) is 17.2 Å². The third kappa shape index (κ3) is 5.63. The van der Waals surface area contributed by atoms with E-state index in [1.54, 1.807) is 39.1 Å². The van der Waals surface area contributed by atoms with E-state index in [1.165, 1.54) is 0 Å². The summed E-state index contributed by atoms with van der Waals surface area (Å²) in [7, 11) is 0. The van der Waals surface area contributed by atoms with Gasteiger partial charge in [-0.1, -0.05) is 6.07 Å². The minimum Gasteiger partial charge on any atom is -0.384 e. The number of anilines is 5. The number of nitrogens with zero attached hydrogens (tertiary/aromatic N) is 4. The summed E-state index contributed by atoms with van der Waals surface area (Å²) in [5, 5.41) is 24.7. The average Bonchev–Trinajstić information content (AvgIpc) is 2.80. The summed E-state index contributed by atoms with van der Waals surface area (Å²) in [6.45, 7) is 8.32. The van der Waals surface area contributed by atoms with Crippen molar-refractivity contribution >= 4 is 34.7 Å². The van der Waals surface area contributed by atoms with Gasteiger partial charge in [0.05, 0.1) is 24.5 Å². The molecule has 3 aromatic rings. The number of hydrogen-bond donors (Lipinski definition) is 4. The summed E-state index contributed by atoms with van der Waals surface area (Å²) in [4.78, 5) is 15.7. The Morgan fingerprint density at radius 3 is 2.45 bits per heavy atom. The van der Waals surface area contributed by atoms with Crippen molar-refractivity contribution in [3.8, 4) is 0 Å². The van der Waals surface area contributed by atoms with Gasteiger partial charge in [-0.15, -0.1) is 0 Å². The first-order chi connectivity index (χ1) is 15.8. The molecule has 33 heavy (non-hydrogen) atoms. The van der Waals surface area contributed by atoms with Crippen molar-refractivity contribution < 1.29 is 9.84 Å². The Kier molecular flexibility index (Phi) is 6.52. The average molecular weight is 448 g/mol. The van der Waals surface area contributed by atoms with Crippen LogP contribution in [0.3, 0.4) is 0 Å². The molecule has 0 radical (unpaired) electrons. The van der Waals surface area contributed by atoms with Gasteiger partial charge in [0.15, 0.2) is 0 Å². The van der Waals surface area contributed by atoms with Crippen LogP contribution in [0.15, 0.2) is 48.7 Å². The van der Waals surface area contributed by atoms with Crippen molar-refractivity contribution in [1.82, 2.24) is 15.0 Å². The molecule has 0 atom stereocenters. The normalized spacial score (nSPS) is 14.1. The Morgan fingerprint density at radius 1 is 1.06 bits per heavy atom. The predicted molar refractivity (Wildman–Crippen MR) is 130 cm³/mol. The van der Waals surface area contributed by atoms with E-state index in [-0.39, 0.29) is 0 Å². The van der Waals surface area contributed by atoms with E-state index >= 15 is 0 Å². The number of nitrogens with one attached hydrogen (secondary N) is 3. The molecule has 0 bridgehead atoms. The Hall–Kier alpha value is -3.56. The van der Waals surface area contributed by atoms with Crippen LogP contribution in [0.5, 0.6) is 0 Å². The van der Waals surface area contributed by atoms with E-state index in [4.69, 9.17) is 10.1 Å². The lowest BCUT2D eigenvalue weighted by Crippen LogP contribution is -2.36. The first kappa shape index (κ1) is 22.6. The van der Waals surface area contributed by atoms with E-state index in [2.05, 4.69) is 42.6 Å². The fourth-order valence-corrected chi connectivity index (χ4v) is 3.48. The number of benzene rings is 1. The molecular weight excluding hydrogens is 418 g/mol. The first-order valence-electron chi connectivity index (χ1n) is 10.9. The lowest BCUT2D eigenvalue weighted by Gasteiger charge is -2.28. The highest BCUT2D eigenvalue weighted by molar-refractivity contribution is 6.00. The van der Waals surface area contributed by atoms with Crippen molar-refractivity contribution in [3.05, 3.63) is 59.9 Å². The fourth-order valence-electron chi connectivity index (χ4n) is 3.48. The standard InChI is InChI=1S/C24H29N7O2/c1-16(25)19-15-26-23(27-17-7-9-18(10-8-17)31-11-13-33-14-12-31)30-22(19)29-21-6-4-5-20(28-21)24(2,3)32/h4-10,15,25,32H,11-14H2,1-3H3,(H2,26,27,28,29,30). The summed E-state index contributed by atoms with van der Waals surface area (Å²) in [6.07, 6.45) is 1.61. The molecule has 0 saturated carbocycles. The molecule has 9 nitrogen and oxygen atoms in total. The SMILES string of the molecule is CC(=N)c1cnc(Nc2ccc(N3CCOCC3)cc2)nc1Nc1cccc(C(C)(C)O)n1. The fraction of sp³-hybridized carbons (Fsp3) is 0.333. The minimum atomic E-state index is -1.07. The zero-order chi connectivity index (χ0) is 23.4. The molecule has 9 heteroatoms. The Bertz CT molecular complexity index is 1120. The van der Waals surface area contributed by atoms with E-state index in [9.17, 15) is 5.11 Å². The van der Waals surface area contributed by atoms with Crippen molar-refractivity contribution in [3.63, 3.8) is 0 Å². The molecule has 3 heterocycles. The van der Waals surface area contributed by atoms with Crippen molar-refractivity contribution in [2.75, 3.05) is 41.8 Å². The number of aromatic nitrogens is 3. The largest absolute Gasteiger partial charge is 0.384 e. The van der Waals surface area contributed by atoms with Crippen LogP contribution < -0.4 is 15.5 Å². The zero-order valence-corrected chi connectivity index (χ0v) is 19.1. The van der Waals surface area contributed by atoms with Crippen LogP contribution in [-0.2, 0) is 10.3 Å². The maximum Gasteiger partial charge on any atom is 0.229 e. The lowest BCUT2D eigenvalue weighted by molar-refractivity contribution is 0.0740. The van der Waals surface area contributed by atoms with Crippen LogP contribution in [0.2, 0.25) is 0 Å². The second-order valence-electron chi connectivity index (χ2n) is 8.44. The van der Waals surface area contributed by atoms with Crippen molar-refractivity contribution in [1.29, 1.82) is 5.41 Å². The zero-order valence-electron chi connectivity index (χ0n) is 19.1. The molecule has 1 aromatic carbocycles. The van der Waals surface area contributed by atoms with E-state index in [0.29, 0.717) is 34.6 Å². The van der Waals surface area contributed by atoms with Gasteiger partial charge in [0.25, 0.3) is 0 Å². The van der Waals surface area contributed by atoms with Crippen LogP contribution >= 0.6 is 0 Å². The van der Waals surface area contributed by atoms with Gasteiger partial charge in [0.2, 0.25) is 5.95 Å². The Labute approximate surface area is 193 Å². The number of morpholine rings is 1. The molecular formula is C24H29N7O2. The van der Waals surface area contributed by atoms with Gasteiger partial charge in [-0.3, -0.25) is 0 Å². The van der Waals surface area contributed by atoms with Crippen LogP contribution in [0.1, 0.15) is 32.0 Å². The molecule has 4 N–H and O–H groups in total. The third-order valence-corrected chi connectivity index (χ3v) is 5.31. The molecule has 1 aliphatic heterocycles. The quantitative estimate of drug-likeness (QED) is 0.404. The van der Waals surface area contributed by atoms with Gasteiger partial charge in [-0.2, -0.15) is 4.98 Å². The van der Waals surface area contributed by atoms with Gasteiger partial charge in [-0.25, -0.2) is 9.97 Å². The molecule has 1 aliphatic rings. The minimum absolute atomic E-state index is 0.331. The smallest absolute Gasteiger partial charge is 0.229 e. The molecule has 4 rings (SSSR count). The number of ether oxygens (including phenoxy) is 1. The van der Waals surface area contributed by atoms with Crippen LogP contribution in [0.25, 0.3) is 0 Å². The van der Waals surface area contributed by atoms with Crippen LogP contribution in [0, 0.1) is 5.41 Å². The van der Waals surface area contributed by atoms with E-state index < -0.39 is 5.60 Å². The number of aliphatic hydroxyl groups is 1.